The molecule has 8 aliphatic rings. The van der Waals surface area contributed by atoms with Crippen LogP contribution in [-0.4, -0.2) is 0 Å². The fraction of sp³-hybridized carbons (Fsp3) is 0.526. The lowest BCUT2D eigenvalue weighted by Crippen LogP contribution is -2.49. The molecule has 0 radical (unpaired) electrons. The number of anilines is 2. The number of ether oxygens (including phenoxy) is 2. The second-order valence-corrected chi connectivity index (χ2v) is 15.6. The Labute approximate surface area is 250 Å². The van der Waals surface area contributed by atoms with E-state index in [4.69, 9.17) is 20.9 Å². The molecule has 42 heavy (non-hydrogen) atoms. The molecule has 4 heteroatoms. The van der Waals surface area contributed by atoms with Crippen molar-refractivity contribution in [1.29, 1.82) is 0 Å². The molecule has 0 heterocycles. The summed E-state index contributed by atoms with van der Waals surface area (Å²) < 4.78 is 13.9. The van der Waals surface area contributed by atoms with Gasteiger partial charge >= 0.3 is 0 Å². The Morgan fingerprint density at radius 1 is 0.476 bits per heavy atom. The van der Waals surface area contributed by atoms with Crippen LogP contribution in [0.25, 0.3) is 0 Å². The number of nitrogen functional groups attached to an aromatic ring is 2. The van der Waals surface area contributed by atoms with Crippen molar-refractivity contribution in [1.82, 2.24) is 0 Å². The van der Waals surface area contributed by atoms with Crippen LogP contribution in [-0.2, 0) is 10.8 Å². The summed E-state index contributed by atoms with van der Waals surface area (Å²) in [5, 5.41) is 0. The SMILES string of the molecule is Nc1cccc(Oc2cc(C34CC5CC(CC(C5)C3)C4)c(Oc3cccc(N)c3)cc2C23CC4CC(CC(C4)C2)C3)c1. The molecule has 3 aromatic carbocycles. The van der Waals surface area contributed by atoms with Gasteiger partial charge in [0.15, 0.2) is 0 Å². The minimum Gasteiger partial charge on any atom is -0.457 e. The molecule has 0 saturated heterocycles. The van der Waals surface area contributed by atoms with Crippen LogP contribution >= 0.6 is 0 Å². The fourth-order valence-electron chi connectivity index (χ4n) is 11.8. The lowest BCUT2D eigenvalue weighted by atomic mass is 9.47. The zero-order valence-corrected chi connectivity index (χ0v) is 24.7. The predicted molar refractivity (Wildman–Crippen MR) is 168 cm³/mol. The number of rotatable bonds is 6. The molecule has 218 valence electrons. The first-order chi connectivity index (χ1) is 20.4. The number of hydrogen-bond acceptors (Lipinski definition) is 4. The van der Waals surface area contributed by atoms with E-state index in [1.807, 2.05) is 36.4 Å². The van der Waals surface area contributed by atoms with Crippen molar-refractivity contribution in [3.05, 3.63) is 71.8 Å². The highest BCUT2D eigenvalue weighted by atomic mass is 16.5. The van der Waals surface area contributed by atoms with Crippen LogP contribution in [0.15, 0.2) is 60.7 Å². The molecule has 0 spiro atoms. The Balaban J connectivity index is 1.23. The summed E-state index contributed by atoms with van der Waals surface area (Å²) in [6.07, 6.45) is 16.2. The maximum Gasteiger partial charge on any atom is 0.131 e. The Morgan fingerprint density at radius 3 is 1.12 bits per heavy atom. The Bertz CT molecular complexity index is 1360. The lowest BCUT2D eigenvalue weighted by molar-refractivity contribution is -0.00824. The van der Waals surface area contributed by atoms with Gasteiger partial charge in [-0.25, -0.2) is 0 Å². The largest absolute Gasteiger partial charge is 0.457 e. The van der Waals surface area contributed by atoms with Crippen LogP contribution < -0.4 is 20.9 Å². The molecule has 8 saturated carbocycles. The van der Waals surface area contributed by atoms with E-state index in [1.165, 1.54) is 88.2 Å². The summed E-state index contributed by atoms with van der Waals surface area (Å²) in [7, 11) is 0. The van der Waals surface area contributed by atoms with E-state index in [0.717, 1.165) is 69.9 Å². The van der Waals surface area contributed by atoms with Crippen LogP contribution in [0.1, 0.15) is 88.2 Å². The summed E-state index contributed by atoms with van der Waals surface area (Å²) in [6, 6.07) is 20.9. The van der Waals surface area contributed by atoms with E-state index in [0.29, 0.717) is 0 Å². The van der Waals surface area contributed by atoms with E-state index in [2.05, 4.69) is 24.3 Å². The zero-order valence-electron chi connectivity index (χ0n) is 24.7. The van der Waals surface area contributed by atoms with E-state index in [-0.39, 0.29) is 10.8 Å². The topological polar surface area (TPSA) is 70.5 Å². The quantitative estimate of drug-likeness (QED) is 0.295. The standard InChI is InChI=1S/C38H44N2O2/c39-29-3-1-5-31(13-29)41-35-15-34(38-20-26-10-27(21-38)12-28(11-26)22-38)36(42-32-6-2-4-30(40)14-32)16-33(35)37-17-23-7-24(18-37)9-25(8-23)19-37/h1-6,13-16,23-28H,7-12,17-22,39-40H2. The van der Waals surface area contributed by atoms with Crippen LogP contribution in [0.2, 0.25) is 0 Å². The molecular weight excluding hydrogens is 516 g/mol. The number of hydrogen-bond donors (Lipinski definition) is 2. The zero-order chi connectivity index (χ0) is 28.1. The van der Waals surface area contributed by atoms with Crippen LogP contribution in [0.3, 0.4) is 0 Å². The van der Waals surface area contributed by atoms with Crippen molar-refractivity contribution in [2.45, 2.75) is 87.9 Å². The van der Waals surface area contributed by atoms with E-state index < -0.39 is 0 Å². The molecule has 0 unspecified atom stereocenters. The van der Waals surface area contributed by atoms with Crippen LogP contribution in [0.5, 0.6) is 23.0 Å². The molecule has 0 aliphatic heterocycles. The molecule has 0 atom stereocenters. The average Bonchev–Trinajstić information content (AvgIpc) is 2.92. The molecule has 3 aromatic rings. The molecule has 4 N–H and O–H groups in total. The summed E-state index contributed by atoms with van der Waals surface area (Å²) in [6.45, 7) is 0. The van der Waals surface area contributed by atoms with E-state index >= 15 is 0 Å². The summed E-state index contributed by atoms with van der Waals surface area (Å²) in [4.78, 5) is 0. The highest BCUT2D eigenvalue weighted by molar-refractivity contribution is 5.57. The second kappa shape index (κ2) is 9.18. The Morgan fingerprint density at radius 2 is 0.810 bits per heavy atom. The van der Waals surface area contributed by atoms with Gasteiger partial charge in [0.1, 0.15) is 23.0 Å². The van der Waals surface area contributed by atoms with Crippen molar-refractivity contribution in [2.75, 3.05) is 11.5 Å². The van der Waals surface area contributed by atoms with E-state index in [1.54, 1.807) is 0 Å². The number of benzene rings is 3. The Kier molecular flexibility index (Phi) is 5.54. The molecule has 8 aliphatic carbocycles. The first-order valence-electron chi connectivity index (χ1n) is 16.7. The van der Waals surface area contributed by atoms with Gasteiger partial charge in [-0.1, -0.05) is 12.1 Å². The highest BCUT2D eigenvalue weighted by Gasteiger charge is 2.55. The lowest BCUT2D eigenvalue weighted by Gasteiger charge is -2.58. The van der Waals surface area contributed by atoms with Gasteiger partial charge in [-0.15, -0.1) is 0 Å². The predicted octanol–water partition coefficient (Wildman–Crippen LogP) is 9.37. The smallest absolute Gasteiger partial charge is 0.131 e. The summed E-state index contributed by atoms with van der Waals surface area (Å²) in [5.74, 6) is 8.84. The maximum atomic E-state index is 6.95. The molecule has 8 fully saturated rings. The van der Waals surface area contributed by atoms with Gasteiger partial charge in [-0.2, -0.15) is 0 Å². The third kappa shape index (κ3) is 4.15. The second-order valence-electron chi connectivity index (χ2n) is 15.6. The Hall–Kier alpha value is -3.14. The fourth-order valence-corrected chi connectivity index (χ4v) is 11.8. The van der Waals surface area contributed by atoms with Gasteiger partial charge in [0.25, 0.3) is 0 Å². The summed E-state index contributed by atoms with van der Waals surface area (Å²) >= 11 is 0. The molecular formula is C38H44N2O2. The third-order valence-corrected chi connectivity index (χ3v) is 12.5. The van der Waals surface area contributed by atoms with Crippen molar-refractivity contribution >= 4 is 11.4 Å². The highest BCUT2D eigenvalue weighted by Crippen LogP contribution is 2.65. The van der Waals surface area contributed by atoms with Gasteiger partial charge in [-0.05, 0) is 160 Å². The minimum atomic E-state index is 0.165. The molecule has 0 amide bonds. The molecule has 0 aromatic heterocycles. The van der Waals surface area contributed by atoms with Crippen LogP contribution in [0.4, 0.5) is 11.4 Å². The number of nitrogens with two attached hydrogens (primary N) is 2. The third-order valence-electron chi connectivity index (χ3n) is 12.5. The molecule has 8 bridgehead atoms. The minimum absolute atomic E-state index is 0.165. The first-order valence-corrected chi connectivity index (χ1v) is 16.7. The van der Waals surface area contributed by atoms with E-state index in [9.17, 15) is 0 Å². The summed E-state index contributed by atoms with van der Waals surface area (Å²) in [5.41, 5.74) is 17.0. The maximum absolute atomic E-state index is 6.95. The van der Waals surface area contributed by atoms with Gasteiger partial charge in [0, 0.05) is 34.6 Å². The van der Waals surface area contributed by atoms with Gasteiger partial charge in [0.2, 0.25) is 0 Å². The van der Waals surface area contributed by atoms with Gasteiger partial charge in [0.05, 0.1) is 0 Å². The van der Waals surface area contributed by atoms with Crippen molar-refractivity contribution in [2.24, 2.45) is 35.5 Å². The average molecular weight is 561 g/mol. The molecule has 11 rings (SSSR count). The van der Waals surface area contributed by atoms with Crippen molar-refractivity contribution in [3.8, 4) is 23.0 Å². The molecule has 4 nitrogen and oxygen atoms in total. The first kappa shape index (κ1) is 25.4. The van der Waals surface area contributed by atoms with Gasteiger partial charge in [-0.3, -0.25) is 0 Å². The monoisotopic (exact) mass is 560 g/mol. The van der Waals surface area contributed by atoms with Crippen LogP contribution in [0, 0.1) is 35.5 Å². The normalized spacial score (nSPS) is 37.2. The van der Waals surface area contributed by atoms with Crippen molar-refractivity contribution in [3.63, 3.8) is 0 Å². The van der Waals surface area contributed by atoms with Crippen molar-refractivity contribution < 1.29 is 9.47 Å². The van der Waals surface area contributed by atoms with Gasteiger partial charge < -0.3 is 20.9 Å².